The monoisotopic (exact) mass is 1040 g/mol. The molecule has 3 aliphatic heterocycles. The Morgan fingerprint density at radius 3 is 2.23 bits per heavy atom. The fourth-order valence-electron chi connectivity index (χ4n) is 11.0. The molecule has 74 heavy (non-hydrogen) atoms. The van der Waals surface area contributed by atoms with E-state index in [4.69, 9.17) is 33.5 Å². The smallest absolute Gasteiger partial charge is 0.329 e. The number of Topliss-reactive ketones (excluding diaryl/α,β-unsaturated/α-hetero) is 3. The van der Waals surface area contributed by atoms with Gasteiger partial charge in [0, 0.05) is 71.3 Å². The van der Waals surface area contributed by atoms with Crippen LogP contribution in [0, 0.1) is 35.5 Å². The molecule has 3 heterocycles. The highest BCUT2D eigenvalue weighted by Crippen LogP contribution is 2.38. The van der Waals surface area contributed by atoms with Crippen LogP contribution in [0.15, 0.2) is 47.6 Å². The van der Waals surface area contributed by atoms with E-state index in [0.29, 0.717) is 82.6 Å². The second-order valence-electron chi connectivity index (χ2n) is 21.7. The Labute approximate surface area is 438 Å². The minimum Gasteiger partial charge on any atom is -0.481 e. The van der Waals surface area contributed by atoms with Gasteiger partial charge in [0.25, 0.3) is 11.7 Å². The van der Waals surface area contributed by atoms with Crippen molar-refractivity contribution in [2.75, 3.05) is 27.9 Å². The summed E-state index contributed by atoms with van der Waals surface area (Å²) in [6, 6.07) is -1.19. The van der Waals surface area contributed by atoms with Crippen molar-refractivity contribution in [2.45, 2.75) is 206 Å². The maximum atomic E-state index is 14.5. The molecule has 1 amide bonds. The van der Waals surface area contributed by atoms with Crippen molar-refractivity contribution in [1.29, 1.82) is 0 Å². The number of aliphatic carboxylic acids is 1. The van der Waals surface area contributed by atoms with Crippen molar-refractivity contribution in [2.24, 2.45) is 35.5 Å². The zero-order valence-electron chi connectivity index (χ0n) is 45.7. The number of esters is 2. The summed E-state index contributed by atoms with van der Waals surface area (Å²) in [6.45, 7) is 12.6. The number of carboxylic acids is 1. The number of ketones is 3. The Morgan fingerprint density at radius 2 is 1.55 bits per heavy atom. The van der Waals surface area contributed by atoms with Gasteiger partial charge in [-0.25, -0.2) is 4.79 Å². The number of rotatable bonds is 12. The number of amides is 1. The lowest BCUT2D eigenvalue weighted by molar-refractivity contribution is -0.265. The van der Waals surface area contributed by atoms with Crippen LogP contribution in [-0.2, 0) is 62.0 Å². The molecule has 0 aromatic rings. The van der Waals surface area contributed by atoms with Gasteiger partial charge in [0.15, 0.2) is 5.78 Å². The third-order valence-corrected chi connectivity index (χ3v) is 15.8. The van der Waals surface area contributed by atoms with Crippen LogP contribution in [0.3, 0.4) is 0 Å². The van der Waals surface area contributed by atoms with Gasteiger partial charge in [0.1, 0.15) is 36.2 Å². The van der Waals surface area contributed by atoms with Gasteiger partial charge in [-0.15, -0.1) is 0 Å². The molecule has 1 aliphatic carbocycles. The van der Waals surface area contributed by atoms with Gasteiger partial charge < -0.3 is 48.6 Å². The molecule has 0 spiro atoms. The highest BCUT2D eigenvalue weighted by Gasteiger charge is 2.53. The molecule has 416 valence electrons. The average molecular weight is 1040 g/mol. The molecule has 3 N–H and O–H groups in total. The number of carboxylic acid groups (broad SMARTS) is 1. The Morgan fingerprint density at radius 1 is 0.838 bits per heavy atom. The van der Waals surface area contributed by atoms with Gasteiger partial charge in [0.2, 0.25) is 5.79 Å². The third kappa shape index (κ3) is 17.6. The second kappa shape index (κ2) is 29.8. The molecule has 2 saturated heterocycles. The molecule has 0 radical (unpaired) electrons. The first-order valence-electron chi connectivity index (χ1n) is 26.9. The van der Waals surface area contributed by atoms with Crippen molar-refractivity contribution in [3.63, 3.8) is 0 Å². The van der Waals surface area contributed by atoms with Crippen LogP contribution in [0.25, 0.3) is 0 Å². The molecule has 15 atom stereocenters. The minimum absolute atomic E-state index is 0.00459. The van der Waals surface area contributed by atoms with Crippen LogP contribution in [0.4, 0.5) is 0 Å². The van der Waals surface area contributed by atoms with Crippen LogP contribution in [0.1, 0.15) is 151 Å². The van der Waals surface area contributed by atoms with E-state index in [-0.39, 0.29) is 55.6 Å². The molecule has 0 aromatic carbocycles. The Balaban J connectivity index is 1.66. The van der Waals surface area contributed by atoms with Gasteiger partial charge in [-0.3, -0.25) is 28.8 Å². The number of cyclic esters (lactones) is 1. The molecule has 2 unspecified atom stereocenters. The Bertz CT molecular complexity index is 2050. The van der Waals surface area contributed by atoms with E-state index in [1.165, 1.54) is 12.0 Å². The van der Waals surface area contributed by atoms with Crippen molar-refractivity contribution >= 4 is 41.2 Å². The number of methoxy groups -OCH3 is 3. The third-order valence-electron chi connectivity index (χ3n) is 15.8. The summed E-state index contributed by atoms with van der Waals surface area (Å²) in [5.41, 5.74) is 1.22. The van der Waals surface area contributed by atoms with Crippen molar-refractivity contribution < 1.29 is 77.3 Å². The summed E-state index contributed by atoms with van der Waals surface area (Å²) in [6.07, 6.45) is 11.1. The summed E-state index contributed by atoms with van der Waals surface area (Å²) in [7, 11) is 4.47. The zero-order valence-corrected chi connectivity index (χ0v) is 45.7. The first-order chi connectivity index (χ1) is 35.0. The van der Waals surface area contributed by atoms with Crippen molar-refractivity contribution in [3.8, 4) is 0 Å². The average Bonchev–Trinajstić information content (AvgIpc) is 3.36. The highest BCUT2D eigenvalue weighted by molar-refractivity contribution is 6.39. The number of nitrogens with zero attached hydrogens (tertiary/aromatic N) is 1. The number of unbranched alkanes of at least 4 members (excludes halogenated alkanes) is 1. The summed E-state index contributed by atoms with van der Waals surface area (Å²) >= 11 is 0. The number of ether oxygens (including phenoxy) is 6. The first kappa shape index (κ1) is 62.2. The van der Waals surface area contributed by atoms with Gasteiger partial charge in [0.05, 0.1) is 18.3 Å². The lowest BCUT2D eigenvalue weighted by Gasteiger charge is -2.42. The van der Waals surface area contributed by atoms with E-state index < -0.39 is 108 Å². The molecule has 2 bridgehead atoms. The Kier molecular flexibility index (Phi) is 25.0. The van der Waals surface area contributed by atoms with Gasteiger partial charge in [-0.2, -0.15) is 0 Å². The number of hydrogen-bond acceptors (Lipinski definition) is 15. The number of piperidine rings is 1. The zero-order chi connectivity index (χ0) is 54.9. The number of aliphatic hydroxyl groups excluding tert-OH is 1. The maximum absolute atomic E-state index is 14.5. The minimum atomic E-state index is -2.46. The second-order valence-corrected chi connectivity index (χ2v) is 21.7. The maximum Gasteiger partial charge on any atom is 0.329 e. The fraction of sp³-hybridized carbons (Fsp3) is 0.737. The summed E-state index contributed by atoms with van der Waals surface area (Å²) in [4.78, 5) is 96.1. The lowest BCUT2D eigenvalue weighted by Crippen LogP contribution is -2.61. The normalized spacial score (nSPS) is 36.8. The van der Waals surface area contributed by atoms with Crippen molar-refractivity contribution in [3.05, 3.63) is 47.6 Å². The lowest BCUT2D eigenvalue weighted by atomic mass is 9.78. The summed E-state index contributed by atoms with van der Waals surface area (Å²) < 4.78 is 35.5. The van der Waals surface area contributed by atoms with E-state index in [2.05, 4.69) is 0 Å². The molecule has 4 aliphatic rings. The predicted octanol–water partition coefficient (Wildman–Crippen LogP) is 7.38. The molecule has 3 fully saturated rings. The van der Waals surface area contributed by atoms with E-state index in [0.717, 1.165) is 5.57 Å². The SMILES string of the molecule is COC1C[C@@H]2CC[C@@H](C)[C@@](O)(O2)C(=O)C(=O)N2CCCC[C@H]2C(=O)O[C@H]([C@H](C)C[C@@H]2CC[C@@H](OC(=O)CCCCC(=O)O)[C@H](OC)C2)CC(=O)[C@H](C)/C=C(\C)[C@@H](O)C(OC)C(=O)[C@H](C)C[C@H](C)/C=C/C=C/C=C/1C. The topological polar surface area (TPSA) is 239 Å². The number of allylic oxidation sites excluding steroid dienone is 6. The predicted molar refractivity (Wildman–Crippen MR) is 275 cm³/mol. The van der Waals surface area contributed by atoms with Gasteiger partial charge in [-0.1, -0.05) is 71.1 Å². The molecule has 17 heteroatoms. The standard InChI is InChI=1S/C57H87NO16/c1-34-18-12-11-13-19-35(2)46(69-8)32-42-25-23-40(7)57(68,74-42)54(65)55(66)58-27-17-16-20-43(58)56(67)73-47(33-44(59)36(3)29-39(6)52(64)53(71-10)51(63)38(5)28-34)37(4)30-41-24-26-45(48(31-41)70-9)72-50(62)22-15-14-21-49(60)61/h11-13,18-19,29,34,36-38,40-43,45-48,52-53,64,68H,14-17,20-28,30-33H2,1-10H3,(H,60,61)/b13-11+,18-12+,35-19+,39-29+/t34-,36-,37-,38-,40-,41+,42+,43+,45-,46?,47+,48-,52-,53?,57-/m1/s1. The quantitative estimate of drug-likeness (QED) is 0.0748. The number of carbonyl (C=O) groups is 7. The van der Waals surface area contributed by atoms with E-state index in [9.17, 15) is 43.8 Å². The van der Waals surface area contributed by atoms with Crippen LogP contribution in [0.2, 0.25) is 0 Å². The summed E-state index contributed by atoms with van der Waals surface area (Å²) in [5, 5.41) is 32.5. The van der Waals surface area contributed by atoms with E-state index >= 15 is 0 Å². The summed E-state index contributed by atoms with van der Waals surface area (Å²) in [5.74, 6) is -9.84. The van der Waals surface area contributed by atoms with E-state index in [1.54, 1.807) is 48.0 Å². The Hall–Kier alpha value is -4.39. The van der Waals surface area contributed by atoms with Crippen LogP contribution < -0.4 is 0 Å². The number of aliphatic hydroxyl groups is 2. The van der Waals surface area contributed by atoms with Crippen LogP contribution >= 0.6 is 0 Å². The number of fused-ring (bicyclic) bond motifs is 3. The molecule has 1 saturated carbocycles. The first-order valence-corrected chi connectivity index (χ1v) is 26.9. The largest absolute Gasteiger partial charge is 0.481 e. The molecule has 17 nitrogen and oxygen atoms in total. The fourth-order valence-corrected chi connectivity index (χ4v) is 11.0. The van der Waals surface area contributed by atoms with Gasteiger partial charge in [-0.05, 0) is 120 Å². The number of hydrogen-bond donors (Lipinski definition) is 3. The van der Waals surface area contributed by atoms with E-state index in [1.807, 2.05) is 51.2 Å². The van der Waals surface area contributed by atoms with Crippen LogP contribution in [-0.4, -0.2) is 144 Å². The van der Waals surface area contributed by atoms with Crippen molar-refractivity contribution in [1.82, 2.24) is 4.90 Å². The molecule has 4 rings (SSSR count). The highest BCUT2D eigenvalue weighted by atomic mass is 16.6. The van der Waals surface area contributed by atoms with Gasteiger partial charge >= 0.3 is 17.9 Å². The molecule has 0 aromatic heterocycles. The van der Waals surface area contributed by atoms with Crippen LogP contribution in [0.5, 0.6) is 0 Å². The molecular weight excluding hydrogens is 955 g/mol. The number of carbonyl (C=O) groups excluding carboxylic acids is 6. The molecular formula is C57H87NO16.